The third-order valence-corrected chi connectivity index (χ3v) is 3.79. The van der Waals surface area contributed by atoms with Crippen molar-refractivity contribution in [1.82, 2.24) is 9.78 Å². The molecule has 1 aromatic heterocycles. The number of anilines is 1. The number of aryl methyl sites for hydroxylation is 1. The third kappa shape index (κ3) is 2.38. The molecule has 1 aliphatic rings. The highest BCUT2D eigenvalue weighted by atomic mass is 16.5. The standard InChI is InChI=1S/C16H21N3O/c1-3-5-13-11-16-17-9-8-15(19(16)18-13)12-6-4-7-14(10-12)20-2/h4,6-7,10-11,15,17H,3,5,8-9H2,1-2H3. The molecule has 20 heavy (non-hydrogen) atoms. The Bertz CT molecular complexity index is 591. The van der Waals surface area contributed by atoms with Crippen molar-refractivity contribution in [1.29, 1.82) is 0 Å². The van der Waals surface area contributed by atoms with E-state index in [0.29, 0.717) is 6.04 Å². The minimum Gasteiger partial charge on any atom is -0.497 e. The first-order valence-corrected chi connectivity index (χ1v) is 7.28. The van der Waals surface area contributed by atoms with Crippen LogP contribution in [0, 0.1) is 0 Å². The number of nitrogens with zero attached hydrogens (tertiary/aromatic N) is 2. The van der Waals surface area contributed by atoms with E-state index >= 15 is 0 Å². The summed E-state index contributed by atoms with van der Waals surface area (Å²) >= 11 is 0. The maximum Gasteiger partial charge on any atom is 0.125 e. The fraction of sp³-hybridized carbons (Fsp3) is 0.438. The zero-order valence-corrected chi connectivity index (χ0v) is 12.1. The van der Waals surface area contributed by atoms with Crippen LogP contribution in [-0.4, -0.2) is 23.4 Å². The van der Waals surface area contributed by atoms with Crippen LogP contribution in [0.4, 0.5) is 5.82 Å². The Morgan fingerprint density at radius 1 is 1.40 bits per heavy atom. The van der Waals surface area contributed by atoms with Gasteiger partial charge in [0.05, 0.1) is 18.8 Å². The van der Waals surface area contributed by atoms with E-state index in [-0.39, 0.29) is 0 Å². The highest BCUT2D eigenvalue weighted by Gasteiger charge is 2.23. The maximum atomic E-state index is 5.33. The Balaban J connectivity index is 1.95. The molecule has 4 heteroatoms. The van der Waals surface area contributed by atoms with Crippen LogP contribution in [0.1, 0.15) is 37.1 Å². The zero-order chi connectivity index (χ0) is 13.9. The number of rotatable bonds is 4. The second kappa shape index (κ2) is 5.57. The molecule has 1 unspecified atom stereocenters. The number of hydrogen-bond acceptors (Lipinski definition) is 3. The minimum absolute atomic E-state index is 0.298. The molecule has 4 nitrogen and oxygen atoms in total. The Labute approximate surface area is 119 Å². The molecule has 1 aliphatic heterocycles. The van der Waals surface area contributed by atoms with Crippen LogP contribution >= 0.6 is 0 Å². The van der Waals surface area contributed by atoms with Crippen LogP contribution in [0.2, 0.25) is 0 Å². The molecule has 0 spiro atoms. The average molecular weight is 271 g/mol. The molecule has 3 rings (SSSR count). The van der Waals surface area contributed by atoms with Gasteiger partial charge in [0.25, 0.3) is 0 Å². The predicted octanol–water partition coefficient (Wildman–Crippen LogP) is 3.25. The van der Waals surface area contributed by atoms with E-state index in [0.717, 1.165) is 37.4 Å². The number of methoxy groups -OCH3 is 1. The fourth-order valence-electron chi connectivity index (χ4n) is 2.81. The van der Waals surface area contributed by atoms with Gasteiger partial charge >= 0.3 is 0 Å². The van der Waals surface area contributed by atoms with Gasteiger partial charge in [-0.15, -0.1) is 0 Å². The largest absolute Gasteiger partial charge is 0.497 e. The van der Waals surface area contributed by atoms with E-state index < -0.39 is 0 Å². The lowest BCUT2D eigenvalue weighted by Gasteiger charge is -2.26. The monoisotopic (exact) mass is 271 g/mol. The molecule has 106 valence electrons. The van der Waals surface area contributed by atoms with Crippen LogP contribution < -0.4 is 10.1 Å². The van der Waals surface area contributed by atoms with E-state index in [1.165, 1.54) is 11.3 Å². The zero-order valence-electron chi connectivity index (χ0n) is 12.1. The fourth-order valence-corrected chi connectivity index (χ4v) is 2.81. The molecule has 0 radical (unpaired) electrons. The highest BCUT2D eigenvalue weighted by molar-refractivity contribution is 5.42. The van der Waals surface area contributed by atoms with Crippen LogP contribution in [0.25, 0.3) is 0 Å². The highest BCUT2D eigenvalue weighted by Crippen LogP contribution is 2.31. The number of nitrogens with one attached hydrogen (secondary N) is 1. The van der Waals surface area contributed by atoms with Gasteiger partial charge in [0.1, 0.15) is 11.6 Å². The van der Waals surface area contributed by atoms with Crippen molar-refractivity contribution in [2.45, 2.75) is 32.2 Å². The van der Waals surface area contributed by atoms with Crippen molar-refractivity contribution in [3.63, 3.8) is 0 Å². The molecule has 2 heterocycles. The Kier molecular flexibility index (Phi) is 3.63. The second-order valence-electron chi connectivity index (χ2n) is 5.22. The van der Waals surface area contributed by atoms with Gasteiger partial charge in [-0.3, -0.25) is 0 Å². The first-order valence-electron chi connectivity index (χ1n) is 7.28. The molecule has 0 fully saturated rings. The molecule has 0 bridgehead atoms. The second-order valence-corrected chi connectivity index (χ2v) is 5.22. The normalized spacial score (nSPS) is 17.4. The molecular weight excluding hydrogens is 250 g/mol. The van der Waals surface area contributed by atoms with Gasteiger partial charge in [-0.25, -0.2) is 4.68 Å². The SMILES string of the molecule is CCCc1cc2n(n1)C(c1cccc(OC)c1)CCN2. The van der Waals surface area contributed by atoms with E-state index in [9.17, 15) is 0 Å². The number of ether oxygens (including phenoxy) is 1. The van der Waals surface area contributed by atoms with Crippen molar-refractivity contribution in [3.8, 4) is 5.75 Å². The van der Waals surface area contributed by atoms with Crippen molar-refractivity contribution < 1.29 is 4.74 Å². The van der Waals surface area contributed by atoms with Crippen LogP contribution in [0.15, 0.2) is 30.3 Å². The molecular formula is C16H21N3O. The van der Waals surface area contributed by atoms with Gasteiger partial charge in [-0.2, -0.15) is 5.10 Å². The number of fused-ring (bicyclic) bond motifs is 1. The summed E-state index contributed by atoms with van der Waals surface area (Å²) in [4.78, 5) is 0. The molecule has 0 saturated carbocycles. The van der Waals surface area contributed by atoms with Crippen molar-refractivity contribution in [3.05, 3.63) is 41.6 Å². The van der Waals surface area contributed by atoms with E-state index in [1.54, 1.807) is 7.11 Å². The molecule has 2 aromatic rings. The number of hydrogen-bond donors (Lipinski definition) is 1. The summed E-state index contributed by atoms with van der Waals surface area (Å²) in [5, 5.41) is 8.21. The summed E-state index contributed by atoms with van der Waals surface area (Å²) in [6.45, 7) is 3.17. The lowest BCUT2D eigenvalue weighted by Crippen LogP contribution is -2.24. The summed E-state index contributed by atoms with van der Waals surface area (Å²) < 4.78 is 7.46. The molecule has 0 saturated heterocycles. The Hall–Kier alpha value is -1.97. The van der Waals surface area contributed by atoms with E-state index in [4.69, 9.17) is 9.84 Å². The lowest BCUT2D eigenvalue weighted by atomic mass is 10.0. The number of aromatic nitrogens is 2. The van der Waals surface area contributed by atoms with Crippen molar-refractivity contribution >= 4 is 5.82 Å². The topological polar surface area (TPSA) is 39.1 Å². The summed E-state index contributed by atoms with van der Waals surface area (Å²) in [6.07, 6.45) is 3.21. The molecule has 0 aliphatic carbocycles. The number of benzene rings is 1. The van der Waals surface area contributed by atoms with Gasteiger partial charge in [0.2, 0.25) is 0 Å². The molecule has 1 atom stereocenters. The van der Waals surface area contributed by atoms with Gasteiger partial charge < -0.3 is 10.1 Å². The predicted molar refractivity (Wildman–Crippen MR) is 80.5 cm³/mol. The summed E-state index contributed by atoms with van der Waals surface area (Å²) in [5.74, 6) is 2.04. The Morgan fingerprint density at radius 2 is 2.30 bits per heavy atom. The van der Waals surface area contributed by atoms with Crippen molar-refractivity contribution in [2.75, 3.05) is 19.0 Å². The van der Waals surface area contributed by atoms with Crippen LogP contribution in [0.5, 0.6) is 5.75 Å². The van der Waals surface area contributed by atoms with Gasteiger partial charge in [0, 0.05) is 12.6 Å². The minimum atomic E-state index is 0.298. The van der Waals surface area contributed by atoms with E-state index in [1.807, 2.05) is 12.1 Å². The van der Waals surface area contributed by atoms with Crippen molar-refractivity contribution in [2.24, 2.45) is 0 Å². The van der Waals surface area contributed by atoms with Gasteiger partial charge in [-0.05, 0) is 30.5 Å². The molecule has 0 amide bonds. The third-order valence-electron chi connectivity index (χ3n) is 3.79. The average Bonchev–Trinajstić information content (AvgIpc) is 2.90. The quantitative estimate of drug-likeness (QED) is 0.927. The van der Waals surface area contributed by atoms with Gasteiger partial charge in [0.15, 0.2) is 0 Å². The first kappa shape index (κ1) is 13.0. The molecule has 1 N–H and O–H groups in total. The maximum absolute atomic E-state index is 5.33. The summed E-state index contributed by atoms with van der Waals surface area (Å²) in [6, 6.07) is 10.8. The summed E-state index contributed by atoms with van der Waals surface area (Å²) in [5.41, 5.74) is 2.43. The molecule has 1 aromatic carbocycles. The van der Waals surface area contributed by atoms with Crippen LogP contribution in [0.3, 0.4) is 0 Å². The van der Waals surface area contributed by atoms with Crippen LogP contribution in [-0.2, 0) is 6.42 Å². The summed E-state index contributed by atoms with van der Waals surface area (Å²) in [7, 11) is 1.71. The first-order chi connectivity index (χ1) is 9.81. The Morgan fingerprint density at radius 3 is 3.10 bits per heavy atom. The smallest absolute Gasteiger partial charge is 0.125 e. The van der Waals surface area contributed by atoms with E-state index in [2.05, 4.69) is 35.1 Å². The lowest BCUT2D eigenvalue weighted by molar-refractivity contribution is 0.411. The van der Waals surface area contributed by atoms with Gasteiger partial charge in [-0.1, -0.05) is 25.5 Å².